The number of hydrogen-bond acceptors (Lipinski definition) is 4. The predicted molar refractivity (Wildman–Crippen MR) is 307 cm³/mol. The Bertz CT molecular complexity index is 4110. The van der Waals surface area contributed by atoms with Gasteiger partial charge in [-0.25, -0.2) is 4.98 Å². The quantitative estimate of drug-likeness (QED) is 0.159. The average molecular weight is 966 g/mol. The molecule has 1 aliphatic heterocycles. The van der Waals surface area contributed by atoms with Crippen LogP contribution in [0.1, 0.15) is 22.3 Å². The summed E-state index contributed by atoms with van der Waals surface area (Å²) in [4.78, 5) is 13.2. The predicted octanol–water partition coefficient (Wildman–Crippen LogP) is 18.8. The van der Waals surface area contributed by atoms with Gasteiger partial charge in [0.05, 0.1) is 49.0 Å². The second-order valence-electron chi connectivity index (χ2n) is 19.0. The zero-order valence-electron chi connectivity index (χ0n) is 39.5. The van der Waals surface area contributed by atoms with E-state index in [0.717, 1.165) is 61.9 Å². The highest BCUT2D eigenvalue weighted by Crippen LogP contribution is 2.68. The van der Waals surface area contributed by atoms with Crippen molar-refractivity contribution >= 4 is 61.5 Å². The summed E-state index contributed by atoms with van der Waals surface area (Å²) in [6.45, 7) is 0. The van der Waals surface area contributed by atoms with Gasteiger partial charge in [0.25, 0.3) is 0 Å². The Balaban J connectivity index is 1.03. The molecule has 2 aliphatic rings. The number of hydrogen-bond donors (Lipinski definition) is 0. The fourth-order valence-electron chi connectivity index (χ4n) is 11.8. The molecule has 342 valence electrons. The molecular formula is C68H43N3S2. The number of pyridine rings is 1. The zero-order chi connectivity index (χ0) is 48.0. The molecule has 0 N–H and O–H groups in total. The summed E-state index contributed by atoms with van der Waals surface area (Å²) >= 11 is 3.86. The Labute approximate surface area is 431 Å². The molecule has 3 nitrogen and oxygen atoms in total. The van der Waals surface area contributed by atoms with Gasteiger partial charge >= 0.3 is 0 Å². The first kappa shape index (κ1) is 41.9. The third kappa shape index (κ3) is 6.46. The molecule has 0 saturated carbocycles. The van der Waals surface area contributed by atoms with Crippen molar-refractivity contribution in [2.75, 3.05) is 4.90 Å². The molecule has 13 aromatic rings. The van der Waals surface area contributed by atoms with Crippen LogP contribution in [0.3, 0.4) is 0 Å². The average Bonchev–Trinajstić information content (AvgIpc) is 4.34. The number of benzene rings is 9. The molecule has 5 heteroatoms. The van der Waals surface area contributed by atoms with Gasteiger partial charge in [-0.2, -0.15) is 0 Å². The van der Waals surface area contributed by atoms with Crippen molar-refractivity contribution in [1.29, 1.82) is 0 Å². The Hall–Kier alpha value is -8.87. The molecular weight excluding hydrogens is 923 g/mol. The van der Waals surface area contributed by atoms with Crippen molar-refractivity contribution in [3.05, 3.63) is 283 Å². The van der Waals surface area contributed by atoms with E-state index in [1.807, 2.05) is 22.7 Å². The highest BCUT2D eigenvalue weighted by molar-refractivity contribution is 7.25. The van der Waals surface area contributed by atoms with E-state index >= 15 is 0 Å². The molecule has 0 bridgehead atoms. The summed E-state index contributed by atoms with van der Waals surface area (Å²) in [5, 5.41) is 2.46. The monoisotopic (exact) mass is 965 g/mol. The van der Waals surface area contributed by atoms with E-state index in [4.69, 9.17) is 4.98 Å². The third-order valence-corrected chi connectivity index (χ3v) is 17.5. The topological polar surface area (TPSA) is 21.1 Å². The number of anilines is 3. The largest absolute Gasteiger partial charge is 0.310 e. The van der Waals surface area contributed by atoms with E-state index < -0.39 is 5.41 Å². The minimum atomic E-state index is -0.641. The van der Waals surface area contributed by atoms with Crippen LogP contribution in [-0.4, -0.2) is 9.55 Å². The second-order valence-corrected chi connectivity index (χ2v) is 21.1. The molecule has 0 atom stereocenters. The standard InChI is InChI=1S/C68H43N3S2/c1-6-21-44(22-7-1)49-38-58(45-23-8-2-9-24-45)69-59(39-49)48-29-20-32-51(37-48)71-61-36-19-17-34-54(61)68(55-40-53-52-33-16-18-35-60(52)70(62(53)43-63(55)71)50-30-14-5-15-31-50)56-41-64(46-25-10-3-11-26-46)72-66(56)67-57(68)42-65(73-67)47-27-12-4-13-28-47/h1-43H. The molecule has 0 fully saturated rings. The summed E-state index contributed by atoms with van der Waals surface area (Å²) in [5.74, 6) is 0. The zero-order valence-corrected chi connectivity index (χ0v) is 41.1. The van der Waals surface area contributed by atoms with Gasteiger partial charge in [0.1, 0.15) is 0 Å². The highest BCUT2D eigenvalue weighted by Gasteiger charge is 2.54. The number of aromatic nitrogens is 2. The van der Waals surface area contributed by atoms with Crippen LogP contribution in [0.15, 0.2) is 261 Å². The Morgan fingerprint density at radius 2 is 0.836 bits per heavy atom. The van der Waals surface area contributed by atoms with Crippen molar-refractivity contribution < 1.29 is 0 Å². The number of rotatable bonds is 7. The van der Waals surface area contributed by atoms with Gasteiger partial charge in [-0.3, -0.25) is 0 Å². The van der Waals surface area contributed by atoms with Crippen molar-refractivity contribution in [2.24, 2.45) is 0 Å². The molecule has 0 saturated heterocycles. The molecule has 15 rings (SSSR count). The molecule has 5 heterocycles. The van der Waals surface area contributed by atoms with Gasteiger partial charge < -0.3 is 9.47 Å². The maximum Gasteiger partial charge on any atom is 0.0771 e. The van der Waals surface area contributed by atoms with Gasteiger partial charge in [-0.15, -0.1) is 22.7 Å². The molecule has 4 aromatic heterocycles. The summed E-state index contributed by atoms with van der Waals surface area (Å²) in [6, 6.07) is 95.7. The lowest BCUT2D eigenvalue weighted by Crippen LogP contribution is -2.36. The van der Waals surface area contributed by atoms with Crippen LogP contribution in [0.2, 0.25) is 0 Å². The summed E-state index contributed by atoms with van der Waals surface area (Å²) in [7, 11) is 0. The Kier molecular flexibility index (Phi) is 9.53. The van der Waals surface area contributed by atoms with Crippen LogP contribution in [0.25, 0.3) is 91.8 Å². The second kappa shape index (κ2) is 16.6. The third-order valence-electron chi connectivity index (χ3n) is 15.0. The Morgan fingerprint density at radius 1 is 0.315 bits per heavy atom. The first-order chi connectivity index (χ1) is 36.2. The molecule has 73 heavy (non-hydrogen) atoms. The normalized spacial score (nSPS) is 13.0. The molecule has 1 aliphatic carbocycles. The lowest BCUT2D eigenvalue weighted by atomic mass is 9.65. The number of fused-ring (bicyclic) bond motifs is 12. The summed E-state index contributed by atoms with van der Waals surface area (Å²) < 4.78 is 2.46. The van der Waals surface area contributed by atoms with Crippen LogP contribution in [0.4, 0.5) is 17.1 Å². The van der Waals surface area contributed by atoms with Gasteiger partial charge in [-0.1, -0.05) is 188 Å². The molecule has 0 radical (unpaired) electrons. The van der Waals surface area contributed by atoms with Crippen molar-refractivity contribution in [2.45, 2.75) is 5.41 Å². The van der Waals surface area contributed by atoms with Crippen LogP contribution in [0, 0.1) is 0 Å². The molecule has 0 unspecified atom stereocenters. The van der Waals surface area contributed by atoms with Gasteiger partial charge in [0.2, 0.25) is 0 Å². The van der Waals surface area contributed by atoms with E-state index in [2.05, 4.69) is 270 Å². The summed E-state index contributed by atoms with van der Waals surface area (Å²) in [6.07, 6.45) is 0. The fraction of sp³-hybridized carbons (Fsp3) is 0.0147. The SMILES string of the molecule is c1ccc(-c2cc(-c3ccccc3)nc(-c3cccc(N4c5ccccc5C5(c6cc7c8ccccc8n(-c8ccccc8)c7cc64)c4cc(-c6ccccc6)sc4-c4sc(-c6ccccc6)cc45)c3)c2)cc1. The number of para-hydroxylation sites is 3. The van der Waals surface area contributed by atoms with E-state index in [9.17, 15) is 0 Å². The van der Waals surface area contributed by atoms with Crippen LogP contribution in [-0.2, 0) is 5.41 Å². The van der Waals surface area contributed by atoms with Gasteiger partial charge in [0.15, 0.2) is 0 Å². The highest BCUT2D eigenvalue weighted by atomic mass is 32.1. The lowest BCUT2D eigenvalue weighted by Gasteiger charge is -2.44. The Morgan fingerprint density at radius 3 is 1.49 bits per heavy atom. The molecule has 0 amide bonds. The summed E-state index contributed by atoms with van der Waals surface area (Å²) in [5.41, 5.74) is 20.2. The van der Waals surface area contributed by atoms with E-state index in [-0.39, 0.29) is 0 Å². The first-order valence-corrected chi connectivity index (χ1v) is 26.5. The van der Waals surface area contributed by atoms with E-state index in [1.54, 1.807) is 0 Å². The van der Waals surface area contributed by atoms with Crippen molar-refractivity contribution in [3.63, 3.8) is 0 Å². The molecule has 1 spiro atoms. The first-order valence-electron chi connectivity index (χ1n) is 24.8. The molecule has 9 aromatic carbocycles. The van der Waals surface area contributed by atoms with Crippen molar-refractivity contribution in [3.8, 4) is 70.0 Å². The number of nitrogens with zero attached hydrogens (tertiary/aromatic N) is 3. The van der Waals surface area contributed by atoms with Crippen LogP contribution < -0.4 is 4.90 Å². The smallest absolute Gasteiger partial charge is 0.0771 e. The minimum Gasteiger partial charge on any atom is -0.310 e. The lowest BCUT2D eigenvalue weighted by molar-refractivity contribution is 0.758. The minimum absolute atomic E-state index is 0.641. The number of thiophene rings is 2. The van der Waals surface area contributed by atoms with Gasteiger partial charge in [0, 0.05) is 43.0 Å². The maximum absolute atomic E-state index is 5.43. The van der Waals surface area contributed by atoms with Crippen LogP contribution in [0.5, 0.6) is 0 Å². The van der Waals surface area contributed by atoms with Gasteiger partial charge in [-0.05, 0) is 117 Å². The van der Waals surface area contributed by atoms with E-state index in [0.29, 0.717) is 0 Å². The fourth-order valence-corrected chi connectivity index (χ4v) is 14.4. The van der Waals surface area contributed by atoms with Crippen molar-refractivity contribution in [1.82, 2.24) is 9.55 Å². The van der Waals surface area contributed by atoms with Crippen LogP contribution >= 0.6 is 22.7 Å². The maximum atomic E-state index is 5.43. The van der Waals surface area contributed by atoms with E-state index in [1.165, 1.54) is 69.2 Å².